The Balaban J connectivity index is -0.000000169. The fraction of sp³-hybridized carbons (Fsp3) is 0.667. The van der Waals surface area contributed by atoms with Crippen molar-refractivity contribution in [3.8, 4) is 0 Å². The van der Waals surface area contributed by atoms with Crippen LogP contribution in [0.2, 0.25) is 12.6 Å². The zero-order valence-corrected chi connectivity index (χ0v) is 11.1. The quantitative estimate of drug-likeness (QED) is 0.420. The summed E-state index contributed by atoms with van der Waals surface area (Å²) in [6.45, 7) is 12.4. The van der Waals surface area contributed by atoms with Crippen molar-refractivity contribution in [2.75, 3.05) is 13.2 Å². The second-order valence-corrected chi connectivity index (χ2v) is 3.88. The number of allylic oxidation sites excluding steroid dienone is 1. The van der Waals surface area contributed by atoms with E-state index >= 15 is 0 Å². The molecule has 0 amide bonds. The SMILES string of the molecule is C=[C-]C.[CH2-]COCCC[SiH2]C.[O]=[Co]. The van der Waals surface area contributed by atoms with Crippen molar-refractivity contribution < 1.29 is 24.3 Å². The van der Waals surface area contributed by atoms with Crippen molar-refractivity contribution in [3.05, 3.63) is 19.6 Å². The van der Waals surface area contributed by atoms with E-state index in [1.807, 2.05) is 0 Å². The van der Waals surface area contributed by atoms with Crippen LogP contribution in [-0.2, 0) is 24.3 Å². The van der Waals surface area contributed by atoms with Gasteiger partial charge in [-0.2, -0.15) is 6.92 Å². The molecule has 0 radical (unpaired) electrons. The van der Waals surface area contributed by atoms with E-state index in [9.17, 15) is 0 Å². The van der Waals surface area contributed by atoms with E-state index in [1.165, 1.54) is 12.5 Å². The maximum absolute atomic E-state index is 7.94. The molecular weight excluding hydrogens is 227 g/mol. The van der Waals surface area contributed by atoms with E-state index in [-0.39, 0.29) is 9.52 Å². The summed E-state index contributed by atoms with van der Waals surface area (Å²) in [6.07, 6.45) is 3.75. The van der Waals surface area contributed by atoms with Crippen LogP contribution in [0, 0.1) is 13.0 Å². The molecule has 4 heteroatoms. The molecular formula is C9H20CoO2Si-2. The Morgan fingerprint density at radius 2 is 2.08 bits per heavy atom. The summed E-state index contributed by atoms with van der Waals surface area (Å²) in [6, 6.07) is 1.42. The molecule has 0 rings (SSSR count). The van der Waals surface area contributed by atoms with Crippen molar-refractivity contribution in [3.63, 3.8) is 0 Å². The van der Waals surface area contributed by atoms with E-state index < -0.39 is 0 Å². The molecule has 0 fully saturated rings. The molecule has 0 aromatic heterocycles. The first-order chi connectivity index (χ1) is 6.33. The Morgan fingerprint density at radius 1 is 1.62 bits per heavy atom. The van der Waals surface area contributed by atoms with Gasteiger partial charge in [-0.25, -0.2) is 0 Å². The average Bonchev–Trinajstić information content (AvgIpc) is 2.17. The van der Waals surface area contributed by atoms with Gasteiger partial charge in [0.25, 0.3) is 0 Å². The molecule has 0 saturated carbocycles. The maximum atomic E-state index is 7.94. The molecule has 2 nitrogen and oxygen atoms in total. The van der Waals surface area contributed by atoms with Crippen LogP contribution in [-0.4, -0.2) is 22.7 Å². The summed E-state index contributed by atoms with van der Waals surface area (Å²) < 4.78 is 13.0. The van der Waals surface area contributed by atoms with Gasteiger partial charge in [0.2, 0.25) is 0 Å². The van der Waals surface area contributed by atoms with Crippen molar-refractivity contribution >= 4 is 9.52 Å². The molecule has 0 N–H and O–H groups in total. The third-order valence-electron chi connectivity index (χ3n) is 1.04. The van der Waals surface area contributed by atoms with Gasteiger partial charge in [-0.15, -0.1) is 0 Å². The van der Waals surface area contributed by atoms with Gasteiger partial charge in [-0.1, -0.05) is 19.2 Å². The van der Waals surface area contributed by atoms with Gasteiger partial charge in [0, 0.05) is 16.1 Å². The topological polar surface area (TPSA) is 26.3 Å². The van der Waals surface area contributed by atoms with E-state index in [2.05, 4.69) is 41.8 Å². The van der Waals surface area contributed by atoms with Gasteiger partial charge in [-0.05, 0) is 6.42 Å². The van der Waals surface area contributed by atoms with Gasteiger partial charge in [-0.3, -0.25) is 6.58 Å². The molecule has 0 heterocycles. The number of hydrogen-bond donors (Lipinski definition) is 0. The van der Waals surface area contributed by atoms with Crippen LogP contribution < -0.4 is 0 Å². The summed E-state index contributed by atoms with van der Waals surface area (Å²) in [4.78, 5) is 0. The molecule has 13 heavy (non-hydrogen) atoms. The molecule has 0 bridgehead atoms. The summed E-state index contributed by atoms with van der Waals surface area (Å²) in [5.74, 6) is 0. The van der Waals surface area contributed by atoms with Gasteiger partial charge < -0.3 is 17.7 Å². The van der Waals surface area contributed by atoms with Gasteiger partial charge in [0.05, 0.1) is 0 Å². The Kier molecular flexibility index (Phi) is 42.9. The van der Waals surface area contributed by atoms with Gasteiger partial charge >= 0.3 is 19.5 Å². The monoisotopic (exact) mass is 247 g/mol. The molecule has 0 aliphatic carbocycles. The van der Waals surface area contributed by atoms with Crippen LogP contribution in [0.25, 0.3) is 0 Å². The Labute approximate surface area is 92.7 Å². The molecule has 0 aliphatic rings. The first-order valence-corrected chi connectivity index (χ1v) is 7.11. The summed E-state index contributed by atoms with van der Waals surface area (Å²) in [5, 5.41) is 0. The molecule has 0 spiro atoms. The first-order valence-electron chi connectivity index (χ1n) is 4.27. The van der Waals surface area contributed by atoms with Crippen molar-refractivity contribution in [2.24, 2.45) is 0 Å². The Bertz CT molecular complexity index is 76.0. The normalized spacial score (nSPS) is 8.31. The Hall–Kier alpha value is 0.223. The summed E-state index contributed by atoms with van der Waals surface area (Å²) in [5.41, 5.74) is 0. The second-order valence-electron chi connectivity index (χ2n) is 2.17. The predicted molar refractivity (Wildman–Crippen MR) is 55.2 cm³/mol. The second kappa shape index (κ2) is 29.5. The van der Waals surface area contributed by atoms with Crippen molar-refractivity contribution in [1.29, 1.82) is 0 Å². The minimum absolute atomic E-state index is 0.286. The fourth-order valence-corrected chi connectivity index (χ4v) is 1.26. The molecule has 0 aromatic rings. The molecule has 0 aromatic carbocycles. The summed E-state index contributed by atoms with van der Waals surface area (Å²) in [7, 11) is 0.286. The molecule has 0 atom stereocenters. The third kappa shape index (κ3) is 46.8. The first kappa shape index (κ1) is 18.9. The van der Waals surface area contributed by atoms with Crippen LogP contribution in [0.15, 0.2) is 6.58 Å². The van der Waals surface area contributed by atoms with Crippen LogP contribution >= 0.6 is 0 Å². The number of ether oxygens (including phenoxy) is 1. The van der Waals surface area contributed by atoms with Crippen molar-refractivity contribution in [1.82, 2.24) is 0 Å². The third-order valence-corrected chi connectivity index (χ3v) is 2.24. The van der Waals surface area contributed by atoms with Crippen LogP contribution in [0.3, 0.4) is 0 Å². The molecule has 0 aliphatic heterocycles. The minimum atomic E-state index is 0.286. The molecule has 83 valence electrons. The molecule has 0 saturated heterocycles. The van der Waals surface area contributed by atoms with E-state index in [0.717, 1.165) is 6.61 Å². The average molecular weight is 247 g/mol. The number of rotatable bonds is 5. The van der Waals surface area contributed by atoms with Gasteiger partial charge in [0.1, 0.15) is 0 Å². The zero-order chi connectivity index (χ0) is 10.9. The standard InChI is InChI=1S/C6H15OSi.C3H5.Co.O/c1-3-7-5-4-6-8-2;1-3-2;;/h1,3-6,8H2,2H3;1H2,2H3;;/q2*-1;;. The van der Waals surface area contributed by atoms with E-state index in [4.69, 9.17) is 8.60 Å². The van der Waals surface area contributed by atoms with Crippen LogP contribution in [0.1, 0.15) is 13.3 Å². The summed E-state index contributed by atoms with van der Waals surface area (Å²) >= 11 is 2.31. The number of hydrogen-bond acceptors (Lipinski definition) is 2. The van der Waals surface area contributed by atoms with Crippen LogP contribution in [0.5, 0.6) is 0 Å². The van der Waals surface area contributed by atoms with Crippen LogP contribution in [0.4, 0.5) is 0 Å². The zero-order valence-electron chi connectivity index (χ0n) is 8.60. The van der Waals surface area contributed by atoms with Gasteiger partial charge in [0.15, 0.2) is 0 Å². The Morgan fingerprint density at radius 3 is 2.38 bits per heavy atom. The van der Waals surface area contributed by atoms with E-state index in [0.29, 0.717) is 6.61 Å². The predicted octanol–water partition coefficient (Wildman–Crippen LogP) is 1.74. The van der Waals surface area contributed by atoms with Crippen molar-refractivity contribution in [2.45, 2.75) is 25.9 Å². The fourth-order valence-electron chi connectivity index (χ4n) is 0.556. The molecule has 0 unspecified atom stereocenters. The van der Waals surface area contributed by atoms with E-state index in [1.54, 1.807) is 6.92 Å².